The first-order valence-electron chi connectivity index (χ1n) is 17.0. The van der Waals surface area contributed by atoms with Gasteiger partial charge in [0.1, 0.15) is 11.8 Å². The Morgan fingerprint density at radius 2 is 1.71 bits per heavy atom. The number of halogens is 2. The van der Waals surface area contributed by atoms with Crippen molar-refractivity contribution in [2.75, 3.05) is 6.54 Å². The van der Waals surface area contributed by atoms with Crippen LogP contribution in [0.1, 0.15) is 94.4 Å². The van der Waals surface area contributed by atoms with Crippen LogP contribution in [0.25, 0.3) is 0 Å². The quantitative estimate of drug-likeness (QED) is 0.0476. The lowest BCUT2D eigenvalue weighted by atomic mass is 9.75. The summed E-state index contributed by atoms with van der Waals surface area (Å²) in [5, 5.41) is 11.5. The average molecular weight is 793 g/mol. The predicted octanol–water partition coefficient (Wildman–Crippen LogP) is 10.00. The zero-order valence-corrected chi connectivity index (χ0v) is 31.7. The minimum absolute atomic E-state index is 0.00910. The van der Waals surface area contributed by atoms with Crippen molar-refractivity contribution < 1.29 is 19.4 Å². The molecule has 1 fully saturated rings. The maximum Gasteiger partial charge on any atom is 0.327 e. The molecule has 1 saturated carbocycles. The predicted molar refractivity (Wildman–Crippen MR) is 206 cm³/mol. The number of nitrogens with zero attached hydrogens (tertiary/aromatic N) is 1. The van der Waals surface area contributed by atoms with Gasteiger partial charge in [0.25, 0.3) is 0 Å². The highest BCUT2D eigenvalue weighted by Gasteiger charge is 2.44. The van der Waals surface area contributed by atoms with Crippen molar-refractivity contribution in [3.63, 3.8) is 0 Å². The molecule has 0 saturated heterocycles. The van der Waals surface area contributed by atoms with Crippen molar-refractivity contribution in [1.29, 1.82) is 0 Å². The number of esters is 1. The summed E-state index contributed by atoms with van der Waals surface area (Å²) in [5.74, 6) is 0.00116. The van der Waals surface area contributed by atoms with Crippen LogP contribution >= 0.6 is 34.5 Å². The van der Waals surface area contributed by atoms with E-state index in [1.54, 1.807) is 6.07 Å². The van der Waals surface area contributed by atoms with Gasteiger partial charge in [-0.25, -0.2) is 3.53 Å². The molecule has 0 bridgehead atoms. The summed E-state index contributed by atoms with van der Waals surface area (Å²) in [6.07, 6.45) is 4.29. The smallest absolute Gasteiger partial charge is 0.327 e. The van der Waals surface area contributed by atoms with Crippen LogP contribution in [0.15, 0.2) is 107 Å². The van der Waals surface area contributed by atoms with E-state index in [-0.39, 0.29) is 35.0 Å². The number of rotatable bonds is 12. The van der Waals surface area contributed by atoms with Crippen molar-refractivity contribution in [1.82, 2.24) is 3.53 Å². The number of aliphatic hydroxyl groups is 1. The van der Waals surface area contributed by atoms with Crippen LogP contribution in [0.5, 0.6) is 0 Å². The molecule has 3 aromatic rings. The Kier molecular flexibility index (Phi) is 11.9. The zero-order chi connectivity index (χ0) is 35.3. The fourth-order valence-electron chi connectivity index (χ4n) is 7.10. The molecule has 3 unspecified atom stereocenters. The SMILES string of the molecule is C=C1CCC(c2ccc(C(OC(=O)C(CN=C(CC(C)C)C3=C(O)CC(C)(C)CC3=O)NI)(c3ccccc3)c3ccccc3Cl)cc2)C1. The molecule has 0 radical (unpaired) electrons. The summed E-state index contributed by atoms with van der Waals surface area (Å²) in [6.45, 7) is 12.2. The van der Waals surface area contributed by atoms with Gasteiger partial charge in [-0.2, -0.15) is 0 Å². The van der Waals surface area contributed by atoms with Gasteiger partial charge in [0.15, 0.2) is 11.4 Å². The minimum Gasteiger partial charge on any atom is -0.511 e. The van der Waals surface area contributed by atoms with Crippen molar-refractivity contribution >= 4 is 51.9 Å². The normalized spacial score (nSPS) is 20.0. The molecule has 3 aromatic carbocycles. The lowest BCUT2D eigenvalue weighted by molar-refractivity contribution is -0.155. The molecular weight excluding hydrogens is 747 g/mol. The Balaban J connectivity index is 1.56. The van der Waals surface area contributed by atoms with Gasteiger partial charge in [0, 0.05) is 63.1 Å². The van der Waals surface area contributed by atoms with Crippen LogP contribution in [0.4, 0.5) is 0 Å². The summed E-state index contributed by atoms with van der Waals surface area (Å²) in [4.78, 5) is 32.5. The number of ketones is 1. The second-order valence-corrected chi connectivity index (χ2v) is 15.6. The maximum atomic E-state index is 14.4. The molecule has 5 rings (SSSR count). The number of aliphatic imine (C=N–C) groups is 1. The molecule has 0 aliphatic heterocycles. The first kappa shape index (κ1) is 37.0. The molecule has 2 aliphatic carbocycles. The number of hydrogen-bond donors (Lipinski definition) is 2. The topological polar surface area (TPSA) is 88.0 Å². The van der Waals surface area contributed by atoms with E-state index in [4.69, 9.17) is 21.3 Å². The van der Waals surface area contributed by atoms with Gasteiger partial charge in [0.05, 0.1) is 12.1 Å². The van der Waals surface area contributed by atoms with Crippen LogP contribution in [0, 0.1) is 11.3 Å². The highest BCUT2D eigenvalue weighted by atomic mass is 127. The number of carbonyl (C=O) groups is 2. The van der Waals surface area contributed by atoms with Gasteiger partial charge in [-0.05, 0) is 54.6 Å². The third-order valence-electron chi connectivity index (χ3n) is 9.48. The molecule has 49 heavy (non-hydrogen) atoms. The molecule has 3 atom stereocenters. The highest BCUT2D eigenvalue weighted by molar-refractivity contribution is 14.1. The van der Waals surface area contributed by atoms with Gasteiger partial charge in [-0.15, -0.1) is 0 Å². The highest BCUT2D eigenvalue weighted by Crippen LogP contribution is 2.45. The van der Waals surface area contributed by atoms with Gasteiger partial charge in [-0.3, -0.25) is 14.6 Å². The number of hydrogen-bond acceptors (Lipinski definition) is 6. The lowest BCUT2D eigenvalue weighted by Crippen LogP contribution is -2.43. The number of aliphatic hydroxyl groups excluding tert-OH is 1. The zero-order valence-electron chi connectivity index (χ0n) is 28.8. The Hall–Kier alpha value is -3.27. The number of nitrogens with one attached hydrogen (secondary N) is 1. The van der Waals surface area contributed by atoms with E-state index in [0.717, 1.165) is 30.4 Å². The summed E-state index contributed by atoms with van der Waals surface area (Å²) in [6, 6.07) is 24.6. The first-order valence-corrected chi connectivity index (χ1v) is 18.5. The van der Waals surface area contributed by atoms with Crippen molar-refractivity contribution in [2.24, 2.45) is 16.3 Å². The summed E-state index contributed by atoms with van der Waals surface area (Å²) in [7, 11) is 0. The van der Waals surface area contributed by atoms with Crippen LogP contribution in [-0.2, 0) is 19.9 Å². The number of Topliss-reactive ketones (excluding diaryl/α,β-unsaturated/α-hetero) is 1. The molecule has 258 valence electrons. The molecule has 2 aliphatic rings. The van der Waals surface area contributed by atoms with E-state index in [0.29, 0.717) is 41.5 Å². The molecule has 0 spiro atoms. The number of allylic oxidation sites excluding steroid dienone is 3. The summed E-state index contributed by atoms with van der Waals surface area (Å²) < 4.78 is 9.81. The molecule has 2 N–H and O–H groups in total. The maximum absolute atomic E-state index is 14.4. The second kappa shape index (κ2) is 15.7. The molecule has 6 nitrogen and oxygen atoms in total. The Labute approximate surface area is 309 Å². The van der Waals surface area contributed by atoms with Crippen molar-refractivity contribution in [3.8, 4) is 0 Å². The molecule has 0 amide bonds. The van der Waals surface area contributed by atoms with E-state index < -0.39 is 17.6 Å². The van der Waals surface area contributed by atoms with E-state index in [1.807, 2.05) is 111 Å². The molecule has 0 heterocycles. The second-order valence-electron chi connectivity index (χ2n) is 14.6. The fraction of sp³-hybridized carbons (Fsp3) is 0.390. The monoisotopic (exact) mass is 792 g/mol. The summed E-state index contributed by atoms with van der Waals surface area (Å²) >= 11 is 8.89. The number of carbonyl (C=O) groups excluding carboxylic acids is 2. The molecule has 0 aromatic heterocycles. The van der Waals surface area contributed by atoms with E-state index in [1.165, 1.54) is 11.1 Å². The largest absolute Gasteiger partial charge is 0.511 e. The standard InChI is InChI=1S/C41H46ClIN2O4/c1-26(2)21-34(38-36(46)23-40(4,5)24-37(38)47)44-25-35(45-43)39(48)49-41(30-11-7-6-8-12-30,32-13-9-10-14-33(32)42)31-19-17-28(18-20-31)29-16-15-27(3)22-29/h6-14,17-20,26,29,35,45-46H,3,15-16,21-25H2,1-2,4-5H3. The Morgan fingerprint density at radius 3 is 2.31 bits per heavy atom. The third kappa shape index (κ3) is 8.38. The minimum atomic E-state index is -1.38. The average Bonchev–Trinajstić information content (AvgIpc) is 3.49. The summed E-state index contributed by atoms with van der Waals surface area (Å²) in [5.41, 5.74) is 3.76. The van der Waals surface area contributed by atoms with Crippen molar-refractivity contribution in [2.45, 2.75) is 83.8 Å². The van der Waals surface area contributed by atoms with Crippen LogP contribution < -0.4 is 3.53 Å². The number of ether oxygens (including phenoxy) is 1. The van der Waals surface area contributed by atoms with E-state index in [2.05, 4.69) is 22.2 Å². The third-order valence-corrected chi connectivity index (χ3v) is 10.6. The van der Waals surface area contributed by atoms with Crippen LogP contribution in [0.2, 0.25) is 5.02 Å². The fourth-order valence-corrected chi connectivity index (χ4v) is 7.82. The van der Waals surface area contributed by atoms with Crippen LogP contribution in [-0.4, -0.2) is 35.2 Å². The molecule has 8 heteroatoms. The van der Waals surface area contributed by atoms with Crippen molar-refractivity contribution in [3.05, 3.63) is 130 Å². The Morgan fingerprint density at radius 1 is 1.06 bits per heavy atom. The molecular formula is C41H46ClIN2O4. The van der Waals surface area contributed by atoms with Gasteiger partial charge >= 0.3 is 5.97 Å². The lowest BCUT2D eigenvalue weighted by Gasteiger charge is -2.37. The Bertz CT molecular complexity index is 1750. The van der Waals surface area contributed by atoms with E-state index >= 15 is 0 Å². The van der Waals surface area contributed by atoms with E-state index in [9.17, 15) is 14.7 Å². The van der Waals surface area contributed by atoms with Gasteiger partial charge in [-0.1, -0.05) is 124 Å². The number of benzene rings is 3. The van der Waals surface area contributed by atoms with Gasteiger partial charge in [0.2, 0.25) is 0 Å². The van der Waals surface area contributed by atoms with Gasteiger partial charge < -0.3 is 9.84 Å². The first-order chi connectivity index (χ1) is 23.3. The van der Waals surface area contributed by atoms with Crippen LogP contribution in [0.3, 0.4) is 0 Å².